The lowest BCUT2D eigenvalue weighted by molar-refractivity contribution is 0.195. The number of hydrogen-bond acceptors (Lipinski definition) is 5. The van der Waals surface area contributed by atoms with Crippen LogP contribution in [0.25, 0.3) is 0 Å². The standard InChI is InChI=1S/C11H21N5O/c1-9(12-6-8-17-2)11-13-14-15-16(11)7-5-10-3-4-10/h9-10,12H,3-8H2,1-2H3. The van der Waals surface area contributed by atoms with Gasteiger partial charge in [0, 0.05) is 20.2 Å². The van der Waals surface area contributed by atoms with Gasteiger partial charge in [0.05, 0.1) is 12.6 Å². The van der Waals surface area contributed by atoms with E-state index in [1.165, 1.54) is 19.3 Å². The van der Waals surface area contributed by atoms with E-state index in [9.17, 15) is 0 Å². The van der Waals surface area contributed by atoms with E-state index in [1.807, 2.05) is 4.68 Å². The Morgan fingerprint density at radius 2 is 2.35 bits per heavy atom. The van der Waals surface area contributed by atoms with Crippen LogP contribution in [0.15, 0.2) is 0 Å². The molecule has 1 N–H and O–H groups in total. The predicted molar refractivity (Wildman–Crippen MR) is 63.5 cm³/mol. The first-order valence-electron chi connectivity index (χ1n) is 6.29. The highest BCUT2D eigenvalue weighted by atomic mass is 16.5. The van der Waals surface area contributed by atoms with Crippen molar-refractivity contribution in [2.45, 2.75) is 38.8 Å². The van der Waals surface area contributed by atoms with Gasteiger partial charge in [-0.15, -0.1) is 5.10 Å². The first-order chi connectivity index (χ1) is 8.31. The second kappa shape index (κ2) is 6.07. The average molecular weight is 239 g/mol. The first-order valence-corrected chi connectivity index (χ1v) is 6.29. The van der Waals surface area contributed by atoms with E-state index in [4.69, 9.17) is 4.74 Å². The van der Waals surface area contributed by atoms with Gasteiger partial charge in [0.2, 0.25) is 0 Å². The molecule has 0 spiro atoms. The van der Waals surface area contributed by atoms with Crippen LogP contribution in [0.2, 0.25) is 0 Å². The van der Waals surface area contributed by atoms with Gasteiger partial charge >= 0.3 is 0 Å². The quantitative estimate of drug-likeness (QED) is 0.679. The van der Waals surface area contributed by atoms with Gasteiger partial charge in [-0.2, -0.15) is 0 Å². The topological polar surface area (TPSA) is 64.9 Å². The number of nitrogens with one attached hydrogen (secondary N) is 1. The monoisotopic (exact) mass is 239 g/mol. The molecule has 1 aromatic rings. The Kier molecular flexibility index (Phi) is 4.44. The third-order valence-electron chi connectivity index (χ3n) is 3.15. The summed E-state index contributed by atoms with van der Waals surface area (Å²) in [7, 11) is 1.70. The second-order valence-corrected chi connectivity index (χ2v) is 4.66. The van der Waals surface area contributed by atoms with Gasteiger partial charge in [0.15, 0.2) is 5.82 Å². The molecule has 0 aliphatic heterocycles. The zero-order chi connectivity index (χ0) is 12.1. The zero-order valence-electron chi connectivity index (χ0n) is 10.6. The van der Waals surface area contributed by atoms with Crippen LogP contribution in [0.3, 0.4) is 0 Å². The van der Waals surface area contributed by atoms with E-state index in [-0.39, 0.29) is 6.04 Å². The maximum atomic E-state index is 5.01. The highest BCUT2D eigenvalue weighted by molar-refractivity contribution is 4.90. The van der Waals surface area contributed by atoms with Crippen LogP contribution < -0.4 is 5.32 Å². The average Bonchev–Trinajstić information content (AvgIpc) is 3.04. The van der Waals surface area contributed by atoms with Crippen molar-refractivity contribution in [3.8, 4) is 0 Å². The first kappa shape index (κ1) is 12.4. The van der Waals surface area contributed by atoms with Crippen LogP contribution in [0.1, 0.15) is 38.1 Å². The lowest BCUT2D eigenvalue weighted by Crippen LogP contribution is -2.25. The maximum Gasteiger partial charge on any atom is 0.167 e. The molecule has 0 bridgehead atoms. The molecular weight excluding hydrogens is 218 g/mol. The number of hydrogen-bond donors (Lipinski definition) is 1. The number of ether oxygens (including phenoxy) is 1. The van der Waals surface area contributed by atoms with Gasteiger partial charge in [0.1, 0.15) is 0 Å². The maximum absolute atomic E-state index is 5.01. The molecule has 0 radical (unpaired) electrons. The minimum absolute atomic E-state index is 0.166. The van der Waals surface area contributed by atoms with Gasteiger partial charge in [-0.25, -0.2) is 4.68 Å². The van der Waals surface area contributed by atoms with E-state index >= 15 is 0 Å². The number of methoxy groups -OCH3 is 1. The third-order valence-corrected chi connectivity index (χ3v) is 3.15. The predicted octanol–water partition coefficient (Wildman–Crippen LogP) is 0.770. The van der Waals surface area contributed by atoms with Crippen molar-refractivity contribution < 1.29 is 4.74 Å². The molecular formula is C11H21N5O. The highest BCUT2D eigenvalue weighted by Gasteiger charge is 2.22. The fraction of sp³-hybridized carbons (Fsp3) is 0.909. The SMILES string of the molecule is COCCNC(C)c1nnnn1CCC1CC1. The minimum atomic E-state index is 0.166. The van der Waals surface area contributed by atoms with E-state index in [2.05, 4.69) is 27.8 Å². The van der Waals surface area contributed by atoms with Crippen LogP contribution in [0.4, 0.5) is 0 Å². The molecule has 1 heterocycles. The molecule has 0 amide bonds. The van der Waals surface area contributed by atoms with Crippen molar-refractivity contribution >= 4 is 0 Å². The van der Waals surface area contributed by atoms with Crippen molar-refractivity contribution in [2.75, 3.05) is 20.3 Å². The molecule has 1 aliphatic carbocycles. The highest BCUT2D eigenvalue weighted by Crippen LogP contribution is 2.32. The van der Waals surface area contributed by atoms with Crippen LogP contribution >= 0.6 is 0 Å². The Labute approximate surface area is 102 Å². The van der Waals surface area contributed by atoms with Crippen molar-refractivity contribution in [3.05, 3.63) is 5.82 Å². The summed E-state index contributed by atoms with van der Waals surface area (Å²) in [5.41, 5.74) is 0. The molecule has 2 rings (SSSR count). The summed E-state index contributed by atoms with van der Waals surface area (Å²) in [4.78, 5) is 0. The molecule has 6 nitrogen and oxygen atoms in total. The van der Waals surface area contributed by atoms with Gasteiger partial charge in [0.25, 0.3) is 0 Å². The molecule has 1 saturated carbocycles. The van der Waals surface area contributed by atoms with Crippen molar-refractivity contribution in [1.82, 2.24) is 25.5 Å². The van der Waals surface area contributed by atoms with Gasteiger partial charge in [-0.1, -0.05) is 12.8 Å². The number of aryl methyl sites for hydroxylation is 1. The number of aromatic nitrogens is 4. The van der Waals surface area contributed by atoms with Crippen LogP contribution in [-0.2, 0) is 11.3 Å². The third kappa shape index (κ3) is 3.74. The van der Waals surface area contributed by atoms with Gasteiger partial charge < -0.3 is 10.1 Å². The summed E-state index contributed by atoms with van der Waals surface area (Å²) < 4.78 is 6.93. The van der Waals surface area contributed by atoms with Crippen LogP contribution in [0.5, 0.6) is 0 Å². The fourth-order valence-corrected chi connectivity index (χ4v) is 1.86. The van der Waals surface area contributed by atoms with E-state index in [1.54, 1.807) is 7.11 Å². The molecule has 0 saturated heterocycles. The molecule has 96 valence electrons. The molecule has 1 aliphatic rings. The number of tetrazole rings is 1. The molecule has 1 unspecified atom stereocenters. The van der Waals surface area contributed by atoms with E-state index in [0.717, 1.165) is 24.8 Å². The second-order valence-electron chi connectivity index (χ2n) is 4.66. The number of rotatable bonds is 8. The molecule has 1 atom stereocenters. The molecule has 1 aromatic heterocycles. The Bertz CT molecular complexity index is 336. The number of nitrogens with zero attached hydrogens (tertiary/aromatic N) is 4. The van der Waals surface area contributed by atoms with Crippen LogP contribution in [-0.4, -0.2) is 40.5 Å². The van der Waals surface area contributed by atoms with Crippen LogP contribution in [0, 0.1) is 5.92 Å². The molecule has 1 fully saturated rings. The van der Waals surface area contributed by atoms with Crippen molar-refractivity contribution in [1.29, 1.82) is 0 Å². The Morgan fingerprint density at radius 1 is 1.53 bits per heavy atom. The van der Waals surface area contributed by atoms with E-state index < -0.39 is 0 Å². The van der Waals surface area contributed by atoms with Gasteiger partial charge in [-0.05, 0) is 29.7 Å². The normalized spacial score (nSPS) is 17.3. The minimum Gasteiger partial charge on any atom is -0.383 e. The molecule has 6 heteroatoms. The summed E-state index contributed by atoms with van der Waals surface area (Å²) in [6.07, 6.45) is 3.95. The summed E-state index contributed by atoms with van der Waals surface area (Å²) in [6.45, 7) is 4.53. The lowest BCUT2D eigenvalue weighted by Gasteiger charge is -2.13. The molecule has 0 aromatic carbocycles. The Morgan fingerprint density at radius 3 is 3.06 bits per heavy atom. The fourth-order valence-electron chi connectivity index (χ4n) is 1.86. The zero-order valence-corrected chi connectivity index (χ0v) is 10.6. The van der Waals surface area contributed by atoms with E-state index in [0.29, 0.717) is 6.61 Å². The summed E-state index contributed by atoms with van der Waals surface area (Å²) in [5.74, 6) is 1.82. The van der Waals surface area contributed by atoms with Crippen molar-refractivity contribution in [2.24, 2.45) is 5.92 Å². The smallest absolute Gasteiger partial charge is 0.167 e. The summed E-state index contributed by atoms with van der Waals surface area (Å²) >= 11 is 0. The Balaban J connectivity index is 1.82. The summed E-state index contributed by atoms with van der Waals surface area (Å²) in [5, 5.41) is 15.2. The summed E-state index contributed by atoms with van der Waals surface area (Å²) in [6, 6.07) is 0.166. The van der Waals surface area contributed by atoms with Crippen molar-refractivity contribution in [3.63, 3.8) is 0 Å². The molecule has 17 heavy (non-hydrogen) atoms. The Hall–Kier alpha value is -1.01. The van der Waals surface area contributed by atoms with Gasteiger partial charge in [-0.3, -0.25) is 0 Å². The lowest BCUT2D eigenvalue weighted by atomic mass is 10.2. The largest absolute Gasteiger partial charge is 0.383 e.